The number of ether oxygens (including phenoxy) is 1. The molecule has 1 amide bonds. The number of amides is 1. The molecule has 1 aliphatic heterocycles. The summed E-state index contributed by atoms with van der Waals surface area (Å²) in [7, 11) is 0. The molecular formula is C19H19F3N2O3. The first-order valence-electron chi connectivity index (χ1n) is 8.50. The zero-order chi connectivity index (χ0) is 19.6. The highest BCUT2D eigenvalue weighted by Crippen LogP contribution is 2.28. The lowest BCUT2D eigenvalue weighted by atomic mass is 10.0. The standard InChI is InChI=1S/C19H19F3N2O3/c1-10(13-4-3-5-14(15(13)20)17(21)22)23-18(25)16-11(2)24-19(27-16)12-6-8-26-9-7-12/h3-6,10,17H,7-9H2,1-2H3,(H,23,25)/t10-/m1/s1. The maximum absolute atomic E-state index is 14.3. The van der Waals surface area contributed by atoms with Crippen LogP contribution in [0.1, 0.15) is 59.1 Å². The maximum Gasteiger partial charge on any atom is 0.289 e. The molecule has 2 aromatic rings. The largest absolute Gasteiger partial charge is 0.431 e. The second kappa shape index (κ2) is 7.96. The third-order valence-corrected chi connectivity index (χ3v) is 4.35. The minimum absolute atomic E-state index is 0.00895. The molecule has 1 atom stereocenters. The number of oxazole rings is 1. The average Bonchev–Trinajstić information content (AvgIpc) is 3.04. The first kappa shape index (κ1) is 19.2. The SMILES string of the molecule is Cc1nc(C2=CCOCC2)oc1C(=O)N[C@H](C)c1cccc(C(F)F)c1F. The Morgan fingerprint density at radius 2 is 2.04 bits per heavy atom. The van der Waals surface area contributed by atoms with Gasteiger partial charge in [-0.2, -0.15) is 0 Å². The molecule has 0 radical (unpaired) electrons. The van der Waals surface area contributed by atoms with E-state index in [0.29, 0.717) is 31.2 Å². The van der Waals surface area contributed by atoms with Crippen LogP contribution in [0.2, 0.25) is 0 Å². The normalized spacial score (nSPS) is 15.6. The van der Waals surface area contributed by atoms with Gasteiger partial charge < -0.3 is 14.5 Å². The van der Waals surface area contributed by atoms with Crippen molar-refractivity contribution < 1.29 is 27.1 Å². The molecule has 0 saturated heterocycles. The highest BCUT2D eigenvalue weighted by atomic mass is 19.3. The Labute approximate surface area is 154 Å². The number of carbonyl (C=O) groups excluding carboxylic acids is 1. The number of hydrogen-bond acceptors (Lipinski definition) is 4. The quantitative estimate of drug-likeness (QED) is 0.837. The summed E-state index contributed by atoms with van der Waals surface area (Å²) in [6, 6.07) is 2.88. The number of aryl methyl sites for hydroxylation is 1. The summed E-state index contributed by atoms with van der Waals surface area (Å²) in [5, 5.41) is 2.57. The molecule has 0 aliphatic carbocycles. The Morgan fingerprint density at radius 3 is 2.70 bits per heavy atom. The van der Waals surface area contributed by atoms with E-state index in [1.165, 1.54) is 19.1 Å². The van der Waals surface area contributed by atoms with Gasteiger partial charge in [0.25, 0.3) is 12.3 Å². The van der Waals surface area contributed by atoms with E-state index in [1.807, 2.05) is 6.08 Å². The molecule has 0 unspecified atom stereocenters. The van der Waals surface area contributed by atoms with E-state index in [2.05, 4.69) is 10.3 Å². The van der Waals surface area contributed by atoms with Crippen LogP contribution in [0.15, 0.2) is 28.7 Å². The van der Waals surface area contributed by atoms with Crippen LogP contribution in [0.5, 0.6) is 0 Å². The Morgan fingerprint density at radius 1 is 1.30 bits per heavy atom. The summed E-state index contributed by atoms with van der Waals surface area (Å²) in [6.07, 6.45) is -0.465. The number of rotatable bonds is 5. The van der Waals surface area contributed by atoms with Crippen LogP contribution in [0.3, 0.4) is 0 Å². The third kappa shape index (κ3) is 4.05. The van der Waals surface area contributed by atoms with Crippen LogP contribution in [0.4, 0.5) is 13.2 Å². The van der Waals surface area contributed by atoms with E-state index in [-0.39, 0.29) is 11.3 Å². The van der Waals surface area contributed by atoms with Crippen molar-refractivity contribution in [3.8, 4) is 0 Å². The molecule has 0 fully saturated rings. The van der Waals surface area contributed by atoms with Gasteiger partial charge in [-0.1, -0.05) is 24.3 Å². The zero-order valence-electron chi connectivity index (χ0n) is 14.9. The van der Waals surface area contributed by atoms with Gasteiger partial charge in [0.2, 0.25) is 11.7 Å². The number of hydrogen-bond donors (Lipinski definition) is 1. The topological polar surface area (TPSA) is 64.4 Å². The van der Waals surface area contributed by atoms with Crippen molar-refractivity contribution in [2.75, 3.05) is 13.2 Å². The highest BCUT2D eigenvalue weighted by molar-refractivity contribution is 5.93. The minimum Gasteiger partial charge on any atom is -0.431 e. The fraction of sp³-hybridized carbons (Fsp3) is 0.368. The third-order valence-electron chi connectivity index (χ3n) is 4.35. The van der Waals surface area contributed by atoms with Gasteiger partial charge in [0.05, 0.1) is 30.5 Å². The molecule has 8 heteroatoms. The van der Waals surface area contributed by atoms with Crippen molar-refractivity contribution in [3.63, 3.8) is 0 Å². The van der Waals surface area contributed by atoms with Gasteiger partial charge in [-0.15, -0.1) is 0 Å². The summed E-state index contributed by atoms with van der Waals surface area (Å²) in [5.41, 5.74) is 0.528. The van der Waals surface area contributed by atoms with Crippen molar-refractivity contribution >= 4 is 11.5 Å². The van der Waals surface area contributed by atoms with Gasteiger partial charge in [-0.3, -0.25) is 4.79 Å². The van der Waals surface area contributed by atoms with Gasteiger partial charge in [0, 0.05) is 17.6 Å². The predicted octanol–water partition coefficient (Wildman–Crippen LogP) is 4.35. The van der Waals surface area contributed by atoms with Gasteiger partial charge >= 0.3 is 0 Å². The van der Waals surface area contributed by atoms with E-state index in [1.54, 1.807) is 6.92 Å². The molecule has 1 aliphatic rings. The van der Waals surface area contributed by atoms with Crippen LogP contribution >= 0.6 is 0 Å². The van der Waals surface area contributed by atoms with Crippen LogP contribution in [-0.4, -0.2) is 24.1 Å². The minimum atomic E-state index is -2.93. The van der Waals surface area contributed by atoms with Crippen LogP contribution in [-0.2, 0) is 4.74 Å². The van der Waals surface area contributed by atoms with Crippen molar-refractivity contribution in [1.29, 1.82) is 0 Å². The molecule has 0 saturated carbocycles. The van der Waals surface area contributed by atoms with Crippen molar-refractivity contribution in [1.82, 2.24) is 10.3 Å². The lowest BCUT2D eigenvalue weighted by molar-refractivity contribution is 0.0909. The summed E-state index contributed by atoms with van der Waals surface area (Å²) >= 11 is 0. The van der Waals surface area contributed by atoms with Crippen molar-refractivity contribution in [3.05, 3.63) is 58.6 Å². The molecule has 2 heterocycles. The summed E-state index contributed by atoms with van der Waals surface area (Å²) in [5.74, 6) is -1.26. The number of halogens is 3. The van der Waals surface area contributed by atoms with Crippen LogP contribution in [0.25, 0.3) is 5.57 Å². The van der Waals surface area contributed by atoms with Crippen LogP contribution < -0.4 is 5.32 Å². The molecule has 1 aromatic carbocycles. The molecule has 0 spiro atoms. The summed E-state index contributed by atoms with van der Waals surface area (Å²) in [6.45, 7) is 4.14. The first-order valence-corrected chi connectivity index (χ1v) is 8.50. The monoisotopic (exact) mass is 380 g/mol. The number of aromatic nitrogens is 1. The molecule has 27 heavy (non-hydrogen) atoms. The molecule has 5 nitrogen and oxygen atoms in total. The predicted molar refractivity (Wildman–Crippen MR) is 91.9 cm³/mol. The average molecular weight is 380 g/mol. The van der Waals surface area contributed by atoms with Crippen LogP contribution in [0, 0.1) is 12.7 Å². The molecule has 144 valence electrons. The highest BCUT2D eigenvalue weighted by Gasteiger charge is 2.24. The Hall–Kier alpha value is -2.61. The molecular weight excluding hydrogens is 361 g/mol. The van der Waals surface area contributed by atoms with Crippen molar-refractivity contribution in [2.24, 2.45) is 0 Å². The molecule has 3 rings (SSSR count). The lowest BCUT2D eigenvalue weighted by Gasteiger charge is -2.16. The Kier molecular flexibility index (Phi) is 5.65. The van der Waals surface area contributed by atoms with Gasteiger partial charge in [-0.05, 0) is 13.8 Å². The maximum atomic E-state index is 14.3. The first-order chi connectivity index (χ1) is 12.9. The number of nitrogens with one attached hydrogen (secondary N) is 1. The van der Waals surface area contributed by atoms with E-state index in [9.17, 15) is 18.0 Å². The fourth-order valence-corrected chi connectivity index (χ4v) is 2.88. The van der Waals surface area contributed by atoms with Gasteiger partial charge in [-0.25, -0.2) is 18.2 Å². The van der Waals surface area contributed by atoms with E-state index in [0.717, 1.165) is 11.6 Å². The molecule has 1 aromatic heterocycles. The summed E-state index contributed by atoms with van der Waals surface area (Å²) in [4.78, 5) is 16.8. The van der Waals surface area contributed by atoms with E-state index < -0.39 is 29.8 Å². The Balaban J connectivity index is 1.79. The van der Waals surface area contributed by atoms with Gasteiger partial charge in [0.15, 0.2) is 0 Å². The molecule has 0 bridgehead atoms. The number of alkyl halides is 2. The second-order valence-corrected chi connectivity index (χ2v) is 6.23. The lowest BCUT2D eigenvalue weighted by Crippen LogP contribution is -2.27. The number of benzene rings is 1. The van der Waals surface area contributed by atoms with E-state index >= 15 is 0 Å². The Bertz CT molecular complexity index is 877. The number of nitrogens with zero attached hydrogens (tertiary/aromatic N) is 1. The van der Waals surface area contributed by atoms with Gasteiger partial charge in [0.1, 0.15) is 5.82 Å². The summed E-state index contributed by atoms with van der Waals surface area (Å²) < 4.78 is 50.8. The van der Waals surface area contributed by atoms with E-state index in [4.69, 9.17) is 9.15 Å². The zero-order valence-corrected chi connectivity index (χ0v) is 14.9. The molecule has 1 N–H and O–H groups in total. The second-order valence-electron chi connectivity index (χ2n) is 6.23. The number of carbonyl (C=O) groups is 1. The smallest absolute Gasteiger partial charge is 0.289 e. The van der Waals surface area contributed by atoms with Crippen molar-refractivity contribution in [2.45, 2.75) is 32.7 Å². The fourth-order valence-electron chi connectivity index (χ4n) is 2.88.